The van der Waals surface area contributed by atoms with Crippen LogP contribution < -0.4 is 11.1 Å². The number of benzene rings is 2. The maximum atomic E-state index is 12.7. The van der Waals surface area contributed by atoms with Crippen molar-refractivity contribution in [3.63, 3.8) is 0 Å². The van der Waals surface area contributed by atoms with E-state index in [0.717, 1.165) is 5.56 Å². The average molecular weight is 325 g/mol. The number of amides is 1. The van der Waals surface area contributed by atoms with Crippen LogP contribution in [0.15, 0.2) is 57.7 Å². The lowest BCUT2D eigenvalue weighted by atomic mass is 10.1. The maximum absolute atomic E-state index is 12.7. The van der Waals surface area contributed by atoms with Gasteiger partial charge in [0.1, 0.15) is 6.04 Å². The van der Waals surface area contributed by atoms with E-state index in [0.29, 0.717) is 16.8 Å². The predicted octanol–water partition coefficient (Wildman–Crippen LogP) is 2.37. The Bertz CT molecular complexity index is 926. The lowest BCUT2D eigenvalue weighted by Gasteiger charge is -2.23. The van der Waals surface area contributed by atoms with E-state index in [1.807, 2.05) is 49.3 Å². The number of likely N-dealkylation sites (N-methyl/N-ethyl adjacent to an activating group) is 1. The van der Waals surface area contributed by atoms with Gasteiger partial charge in [-0.25, -0.2) is 4.79 Å². The van der Waals surface area contributed by atoms with Crippen LogP contribution in [-0.2, 0) is 11.8 Å². The Morgan fingerprint density at radius 1 is 1.17 bits per heavy atom. The van der Waals surface area contributed by atoms with Crippen molar-refractivity contribution < 1.29 is 9.21 Å². The number of nitrogens with zero attached hydrogens (tertiary/aromatic N) is 2. The van der Waals surface area contributed by atoms with Crippen molar-refractivity contribution in [2.45, 2.75) is 6.04 Å². The topological polar surface area (TPSA) is 67.5 Å². The number of aromatic nitrogens is 1. The van der Waals surface area contributed by atoms with Crippen molar-refractivity contribution in [3.8, 4) is 0 Å². The number of hydrogen-bond acceptors (Lipinski definition) is 4. The van der Waals surface area contributed by atoms with Crippen molar-refractivity contribution in [3.05, 3.63) is 64.6 Å². The van der Waals surface area contributed by atoms with E-state index in [1.165, 1.54) is 4.57 Å². The van der Waals surface area contributed by atoms with E-state index in [2.05, 4.69) is 5.32 Å². The van der Waals surface area contributed by atoms with Crippen LogP contribution in [0, 0.1) is 0 Å². The first kappa shape index (κ1) is 16.0. The van der Waals surface area contributed by atoms with Gasteiger partial charge in [-0.05, 0) is 37.9 Å². The largest absolute Gasteiger partial charge is 0.419 e. The molecular formula is C18H19N3O3. The Kier molecular flexibility index (Phi) is 4.22. The van der Waals surface area contributed by atoms with Crippen LogP contribution in [0.3, 0.4) is 0 Å². The Labute approximate surface area is 139 Å². The van der Waals surface area contributed by atoms with Crippen LogP contribution in [0.25, 0.3) is 11.1 Å². The molecule has 3 aromatic rings. The van der Waals surface area contributed by atoms with E-state index >= 15 is 0 Å². The molecule has 1 unspecified atom stereocenters. The highest BCUT2D eigenvalue weighted by atomic mass is 16.4. The first-order valence-corrected chi connectivity index (χ1v) is 7.59. The molecule has 0 aliphatic rings. The molecule has 1 aromatic heterocycles. The standard InChI is InChI=1S/C18H19N3O3/c1-20(2)16(12-7-5-4-6-8-12)17(22)19-13-9-10-15-14(11-13)21(3)18(23)24-15/h4-11,16H,1-3H3,(H,19,22). The van der Waals surface area contributed by atoms with E-state index < -0.39 is 11.8 Å². The normalized spacial score (nSPS) is 12.5. The van der Waals surface area contributed by atoms with Crippen LogP contribution in [0.4, 0.5) is 5.69 Å². The zero-order chi connectivity index (χ0) is 17.3. The molecule has 0 saturated carbocycles. The van der Waals surface area contributed by atoms with Crippen LogP contribution in [0.5, 0.6) is 0 Å². The fraction of sp³-hybridized carbons (Fsp3) is 0.222. The SMILES string of the molecule is CN(C)C(C(=O)Nc1ccc2oc(=O)n(C)c2c1)c1ccccc1. The van der Waals surface area contributed by atoms with Crippen LogP contribution in [-0.4, -0.2) is 29.5 Å². The van der Waals surface area contributed by atoms with Gasteiger partial charge < -0.3 is 9.73 Å². The highest BCUT2D eigenvalue weighted by molar-refractivity contribution is 5.96. The molecular weight excluding hydrogens is 306 g/mol. The van der Waals surface area contributed by atoms with Crippen LogP contribution in [0.2, 0.25) is 0 Å². The number of rotatable bonds is 4. The molecule has 0 bridgehead atoms. The number of carbonyl (C=O) groups excluding carboxylic acids is 1. The molecule has 1 N–H and O–H groups in total. The fourth-order valence-corrected chi connectivity index (χ4v) is 2.73. The summed E-state index contributed by atoms with van der Waals surface area (Å²) in [4.78, 5) is 26.2. The molecule has 0 radical (unpaired) electrons. The fourth-order valence-electron chi connectivity index (χ4n) is 2.73. The Morgan fingerprint density at radius 3 is 2.54 bits per heavy atom. The number of fused-ring (bicyclic) bond motifs is 1. The molecule has 0 saturated heterocycles. The minimum Gasteiger partial charge on any atom is -0.408 e. The summed E-state index contributed by atoms with van der Waals surface area (Å²) < 4.78 is 6.51. The quantitative estimate of drug-likeness (QED) is 0.800. The molecule has 0 spiro atoms. The summed E-state index contributed by atoms with van der Waals surface area (Å²) in [5.41, 5.74) is 2.66. The minimum absolute atomic E-state index is 0.140. The number of oxazole rings is 1. The number of nitrogens with one attached hydrogen (secondary N) is 1. The molecule has 0 fully saturated rings. The molecule has 1 amide bonds. The van der Waals surface area contributed by atoms with Crippen LogP contribution >= 0.6 is 0 Å². The van der Waals surface area contributed by atoms with Gasteiger partial charge in [0.25, 0.3) is 0 Å². The second-order valence-corrected chi connectivity index (χ2v) is 5.88. The summed E-state index contributed by atoms with van der Waals surface area (Å²) >= 11 is 0. The molecule has 0 aliphatic heterocycles. The summed E-state index contributed by atoms with van der Waals surface area (Å²) in [5, 5.41) is 2.91. The number of hydrogen-bond donors (Lipinski definition) is 1. The van der Waals surface area contributed by atoms with Gasteiger partial charge in [0.05, 0.1) is 5.52 Å². The van der Waals surface area contributed by atoms with Crippen molar-refractivity contribution in [1.82, 2.24) is 9.47 Å². The number of anilines is 1. The summed E-state index contributed by atoms with van der Waals surface area (Å²) in [6.45, 7) is 0. The lowest BCUT2D eigenvalue weighted by Crippen LogP contribution is -2.32. The summed E-state index contributed by atoms with van der Waals surface area (Å²) in [7, 11) is 5.35. The molecule has 0 aliphatic carbocycles. The van der Waals surface area contributed by atoms with Crippen molar-refractivity contribution >= 4 is 22.7 Å². The van der Waals surface area contributed by atoms with Gasteiger partial charge in [0.2, 0.25) is 5.91 Å². The smallest absolute Gasteiger partial charge is 0.408 e. The summed E-state index contributed by atoms with van der Waals surface area (Å²) in [6, 6.07) is 14.3. The van der Waals surface area contributed by atoms with Gasteiger partial charge >= 0.3 is 5.76 Å². The van der Waals surface area contributed by atoms with E-state index in [-0.39, 0.29) is 5.91 Å². The molecule has 124 valence electrons. The van der Waals surface area contributed by atoms with Crippen molar-refractivity contribution in [1.29, 1.82) is 0 Å². The second-order valence-electron chi connectivity index (χ2n) is 5.88. The van der Waals surface area contributed by atoms with Gasteiger partial charge in [-0.1, -0.05) is 30.3 Å². The molecule has 6 nitrogen and oxygen atoms in total. The second kappa shape index (κ2) is 6.33. The lowest BCUT2D eigenvalue weighted by molar-refractivity contribution is -0.120. The first-order valence-electron chi connectivity index (χ1n) is 7.59. The first-order chi connectivity index (χ1) is 11.5. The highest BCUT2D eigenvalue weighted by Gasteiger charge is 2.23. The van der Waals surface area contributed by atoms with E-state index in [4.69, 9.17) is 4.42 Å². The molecule has 1 atom stereocenters. The molecule has 24 heavy (non-hydrogen) atoms. The number of aryl methyl sites for hydroxylation is 1. The molecule has 3 rings (SSSR count). The summed E-state index contributed by atoms with van der Waals surface area (Å²) in [6.07, 6.45) is 0. The number of carbonyl (C=O) groups is 1. The van der Waals surface area contributed by atoms with Crippen LogP contribution in [0.1, 0.15) is 11.6 Å². The summed E-state index contributed by atoms with van der Waals surface area (Å²) in [5.74, 6) is -0.567. The average Bonchev–Trinajstić information content (AvgIpc) is 2.83. The van der Waals surface area contributed by atoms with Crippen molar-refractivity contribution in [2.75, 3.05) is 19.4 Å². The molecule has 1 heterocycles. The zero-order valence-electron chi connectivity index (χ0n) is 13.8. The van der Waals surface area contributed by atoms with Gasteiger partial charge in [-0.2, -0.15) is 0 Å². The third-order valence-electron chi connectivity index (χ3n) is 3.94. The van der Waals surface area contributed by atoms with Gasteiger partial charge in [0.15, 0.2) is 5.58 Å². The Morgan fingerprint density at radius 2 is 1.88 bits per heavy atom. The monoisotopic (exact) mass is 325 g/mol. The predicted molar refractivity (Wildman–Crippen MR) is 93.0 cm³/mol. The third-order valence-corrected chi connectivity index (χ3v) is 3.94. The molecule has 6 heteroatoms. The zero-order valence-corrected chi connectivity index (χ0v) is 13.8. The maximum Gasteiger partial charge on any atom is 0.419 e. The van der Waals surface area contributed by atoms with Crippen molar-refractivity contribution in [2.24, 2.45) is 7.05 Å². The van der Waals surface area contributed by atoms with E-state index in [9.17, 15) is 9.59 Å². The Hall–Kier alpha value is -2.86. The van der Waals surface area contributed by atoms with E-state index in [1.54, 1.807) is 25.2 Å². The Balaban J connectivity index is 1.90. The molecule has 2 aromatic carbocycles. The third kappa shape index (κ3) is 2.96. The van der Waals surface area contributed by atoms with Gasteiger partial charge in [0, 0.05) is 12.7 Å². The van der Waals surface area contributed by atoms with Gasteiger partial charge in [-0.3, -0.25) is 14.3 Å². The highest BCUT2D eigenvalue weighted by Crippen LogP contribution is 2.22. The van der Waals surface area contributed by atoms with Gasteiger partial charge in [-0.15, -0.1) is 0 Å². The minimum atomic E-state index is -0.427.